The maximum Gasteiger partial charge on any atom is 0.305 e. The van der Waals surface area contributed by atoms with E-state index in [0.717, 1.165) is 17.7 Å². The van der Waals surface area contributed by atoms with E-state index in [4.69, 9.17) is 5.11 Å². The van der Waals surface area contributed by atoms with Crippen LogP contribution in [0.2, 0.25) is 0 Å². The van der Waals surface area contributed by atoms with Crippen LogP contribution in [0.25, 0.3) is 0 Å². The van der Waals surface area contributed by atoms with Crippen LogP contribution in [0.1, 0.15) is 18.4 Å². The largest absolute Gasteiger partial charge is 0.481 e. The molecule has 0 spiro atoms. The van der Waals surface area contributed by atoms with E-state index < -0.39 is 12.0 Å². The topological polar surface area (TPSA) is 69.6 Å². The molecule has 5 heteroatoms. The van der Waals surface area contributed by atoms with Gasteiger partial charge in [0.2, 0.25) is 5.91 Å². The lowest BCUT2D eigenvalue weighted by Crippen LogP contribution is -2.45. The van der Waals surface area contributed by atoms with E-state index in [2.05, 4.69) is 5.32 Å². The van der Waals surface area contributed by atoms with Gasteiger partial charge in [0.25, 0.3) is 0 Å². The molecule has 1 heterocycles. The lowest BCUT2D eigenvalue weighted by Gasteiger charge is -2.24. The quantitative estimate of drug-likeness (QED) is 0.857. The van der Waals surface area contributed by atoms with E-state index in [1.54, 1.807) is 4.90 Å². The number of hydrogen-bond donors (Lipinski definition) is 2. The molecule has 2 N–H and O–H groups in total. The van der Waals surface area contributed by atoms with Crippen LogP contribution in [-0.4, -0.2) is 36.1 Å². The molecule has 1 unspecified atom stereocenters. The van der Waals surface area contributed by atoms with Gasteiger partial charge >= 0.3 is 5.97 Å². The summed E-state index contributed by atoms with van der Waals surface area (Å²) in [4.78, 5) is 24.9. The van der Waals surface area contributed by atoms with Crippen molar-refractivity contribution in [2.24, 2.45) is 0 Å². The second kappa shape index (κ2) is 5.84. The van der Waals surface area contributed by atoms with Gasteiger partial charge in [-0.25, -0.2) is 0 Å². The Morgan fingerprint density at radius 1 is 1.53 bits per heavy atom. The molecule has 0 bridgehead atoms. The van der Waals surface area contributed by atoms with Crippen molar-refractivity contribution in [3.8, 4) is 0 Å². The van der Waals surface area contributed by atoms with Crippen molar-refractivity contribution in [3.63, 3.8) is 0 Å². The van der Waals surface area contributed by atoms with Crippen molar-refractivity contribution in [2.75, 3.05) is 18.0 Å². The lowest BCUT2D eigenvalue weighted by molar-refractivity contribution is -0.139. The number of carbonyl (C=O) groups excluding carboxylic acids is 1. The molecule has 5 nitrogen and oxygen atoms in total. The summed E-state index contributed by atoms with van der Waals surface area (Å²) in [6, 6.07) is 7.07. The summed E-state index contributed by atoms with van der Waals surface area (Å²) in [5.74, 6) is -1.12. The number of aliphatic carboxylic acids is 1. The van der Waals surface area contributed by atoms with Crippen LogP contribution in [0.5, 0.6) is 0 Å². The molecule has 1 aliphatic rings. The van der Waals surface area contributed by atoms with Crippen molar-refractivity contribution in [1.29, 1.82) is 0 Å². The molecule has 1 aromatic carbocycles. The van der Waals surface area contributed by atoms with Gasteiger partial charge in [0, 0.05) is 12.2 Å². The van der Waals surface area contributed by atoms with Crippen LogP contribution in [-0.2, 0) is 9.59 Å². The summed E-state index contributed by atoms with van der Waals surface area (Å²) < 4.78 is 0. The number of carbonyl (C=O) groups is 2. The summed E-state index contributed by atoms with van der Waals surface area (Å²) in [5.41, 5.74) is 1.92. The van der Waals surface area contributed by atoms with Crippen molar-refractivity contribution in [3.05, 3.63) is 29.8 Å². The molecule has 1 saturated heterocycles. The zero-order valence-corrected chi connectivity index (χ0v) is 10.9. The number of hydrogen-bond acceptors (Lipinski definition) is 3. The zero-order valence-electron chi connectivity index (χ0n) is 10.9. The number of nitrogens with one attached hydrogen (secondary N) is 1. The molecule has 1 fully saturated rings. The van der Waals surface area contributed by atoms with Crippen LogP contribution >= 0.6 is 0 Å². The first-order chi connectivity index (χ1) is 9.08. The number of nitrogens with zero attached hydrogens (tertiary/aromatic N) is 1. The molecule has 1 atom stereocenters. The van der Waals surface area contributed by atoms with Crippen LogP contribution < -0.4 is 10.2 Å². The summed E-state index contributed by atoms with van der Waals surface area (Å²) in [6.07, 6.45) is 0.636. The Bertz CT molecular complexity index is 487. The molecule has 0 aromatic heterocycles. The molecule has 2 rings (SSSR count). The predicted molar refractivity (Wildman–Crippen MR) is 72.2 cm³/mol. The lowest BCUT2D eigenvalue weighted by atomic mass is 10.1. The smallest absolute Gasteiger partial charge is 0.305 e. The van der Waals surface area contributed by atoms with Crippen LogP contribution in [0.15, 0.2) is 24.3 Å². The summed E-state index contributed by atoms with van der Waals surface area (Å²) in [5, 5.41) is 11.9. The number of carboxylic acids is 1. The highest BCUT2D eigenvalue weighted by molar-refractivity contribution is 5.99. The van der Waals surface area contributed by atoms with Crippen molar-refractivity contribution in [2.45, 2.75) is 25.8 Å². The number of rotatable bonds is 3. The Morgan fingerprint density at radius 3 is 3.00 bits per heavy atom. The Balaban J connectivity index is 2.23. The van der Waals surface area contributed by atoms with E-state index in [9.17, 15) is 9.59 Å². The fraction of sp³-hybridized carbons (Fsp3) is 0.429. The third-order valence-corrected chi connectivity index (χ3v) is 3.21. The first kappa shape index (κ1) is 13.5. The average Bonchev–Trinajstić information content (AvgIpc) is 2.52. The normalized spacial score (nSPS) is 20.2. The fourth-order valence-corrected chi connectivity index (χ4v) is 2.29. The number of anilines is 1. The molecule has 1 amide bonds. The predicted octanol–water partition coefficient (Wildman–Crippen LogP) is 1.16. The SMILES string of the molecule is Cc1cccc(N2CCCNC(CC(=O)O)C2=O)c1. The highest BCUT2D eigenvalue weighted by atomic mass is 16.4. The van der Waals surface area contributed by atoms with Gasteiger partial charge < -0.3 is 15.3 Å². The van der Waals surface area contributed by atoms with E-state index in [1.165, 1.54) is 0 Å². The zero-order chi connectivity index (χ0) is 13.8. The second-order valence-electron chi connectivity index (χ2n) is 4.79. The molecular weight excluding hydrogens is 244 g/mol. The molecule has 0 saturated carbocycles. The highest BCUT2D eigenvalue weighted by Crippen LogP contribution is 2.19. The molecule has 19 heavy (non-hydrogen) atoms. The van der Waals surface area contributed by atoms with Gasteiger partial charge in [-0.2, -0.15) is 0 Å². The number of aryl methyl sites for hydroxylation is 1. The third-order valence-electron chi connectivity index (χ3n) is 3.21. The molecular formula is C14H18N2O3. The maximum absolute atomic E-state index is 12.4. The molecule has 1 aliphatic heterocycles. The average molecular weight is 262 g/mol. The van der Waals surface area contributed by atoms with Crippen molar-refractivity contribution >= 4 is 17.6 Å². The molecule has 102 valence electrons. The van der Waals surface area contributed by atoms with Crippen molar-refractivity contribution in [1.82, 2.24) is 5.32 Å². The first-order valence-electron chi connectivity index (χ1n) is 6.41. The van der Waals surface area contributed by atoms with Crippen LogP contribution in [0.3, 0.4) is 0 Å². The van der Waals surface area contributed by atoms with Gasteiger partial charge in [0.15, 0.2) is 0 Å². The van der Waals surface area contributed by atoms with Gasteiger partial charge in [-0.1, -0.05) is 12.1 Å². The van der Waals surface area contributed by atoms with Gasteiger partial charge in [0.1, 0.15) is 0 Å². The Kier molecular flexibility index (Phi) is 4.16. The second-order valence-corrected chi connectivity index (χ2v) is 4.79. The van der Waals surface area contributed by atoms with E-state index in [-0.39, 0.29) is 12.3 Å². The minimum absolute atomic E-state index is 0.162. The Hall–Kier alpha value is -1.88. The van der Waals surface area contributed by atoms with Crippen LogP contribution in [0.4, 0.5) is 5.69 Å². The minimum Gasteiger partial charge on any atom is -0.481 e. The monoisotopic (exact) mass is 262 g/mol. The Morgan fingerprint density at radius 2 is 2.32 bits per heavy atom. The minimum atomic E-state index is -0.961. The summed E-state index contributed by atoms with van der Waals surface area (Å²) in [7, 11) is 0. The van der Waals surface area contributed by atoms with Gasteiger partial charge in [-0.3, -0.25) is 9.59 Å². The molecule has 0 aliphatic carbocycles. The molecule has 0 radical (unpaired) electrons. The first-order valence-corrected chi connectivity index (χ1v) is 6.41. The van der Waals surface area contributed by atoms with Crippen molar-refractivity contribution < 1.29 is 14.7 Å². The summed E-state index contributed by atoms with van der Waals surface area (Å²) >= 11 is 0. The fourth-order valence-electron chi connectivity index (χ4n) is 2.29. The summed E-state index contributed by atoms with van der Waals surface area (Å²) in [6.45, 7) is 3.25. The van der Waals surface area contributed by atoms with E-state index >= 15 is 0 Å². The van der Waals surface area contributed by atoms with Gasteiger partial charge in [0.05, 0.1) is 12.5 Å². The maximum atomic E-state index is 12.4. The Labute approximate surface area is 112 Å². The number of benzene rings is 1. The number of carboxylic acid groups (broad SMARTS) is 1. The van der Waals surface area contributed by atoms with E-state index in [0.29, 0.717) is 13.1 Å². The standard InChI is InChI=1S/C14H18N2O3/c1-10-4-2-5-11(8-10)16-7-3-6-15-12(14(16)19)9-13(17)18/h2,4-5,8,12,15H,3,6-7,9H2,1H3,(H,17,18). The van der Waals surface area contributed by atoms with E-state index in [1.807, 2.05) is 31.2 Å². The highest BCUT2D eigenvalue weighted by Gasteiger charge is 2.29. The van der Waals surface area contributed by atoms with Crippen LogP contribution in [0, 0.1) is 6.92 Å². The number of amides is 1. The van der Waals surface area contributed by atoms with Gasteiger partial charge in [-0.15, -0.1) is 0 Å². The van der Waals surface area contributed by atoms with Gasteiger partial charge in [-0.05, 0) is 37.6 Å². The third kappa shape index (κ3) is 3.32. The molecule has 1 aromatic rings.